The molecule has 0 saturated carbocycles. The Morgan fingerprint density at radius 1 is 1.25 bits per heavy atom. The predicted octanol–water partition coefficient (Wildman–Crippen LogP) is 0.0783. The van der Waals surface area contributed by atoms with Gasteiger partial charge in [-0.2, -0.15) is 14.3 Å². The molecule has 16 nitrogen and oxygen atoms in total. The zero-order chi connectivity index (χ0) is 24.1. The van der Waals surface area contributed by atoms with Gasteiger partial charge in [-0.25, -0.2) is 18.4 Å². The van der Waals surface area contributed by atoms with Crippen molar-refractivity contribution >= 4 is 74.0 Å². The van der Waals surface area contributed by atoms with Crippen molar-refractivity contribution in [3.63, 3.8) is 0 Å². The van der Waals surface area contributed by atoms with E-state index in [0.29, 0.717) is 0 Å². The minimum Gasteiger partial charge on any atom is -0.387 e. The molecule has 2 unspecified atom stereocenters. The largest absolute Gasteiger partial charge is 0.487 e. The second kappa shape index (κ2) is 9.41. The maximum Gasteiger partial charge on any atom is 0.487 e. The number of ether oxygens (including phenoxy) is 1. The average molecular weight is 574 g/mol. The molecule has 1 fully saturated rings. The molecular weight excluding hydrogens is 559 g/mol. The van der Waals surface area contributed by atoms with Gasteiger partial charge < -0.3 is 35.4 Å². The normalized spacial score (nSPS) is 28.0. The van der Waals surface area contributed by atoms with Crippen LogP contribution in [0.5, 0.6) is 0 Å². The standard InChI is InChI=1S/C10H15ClN5O11P3S2/c11-10-14-7(12)4-8(15-10)16(2-13-4)9-6(18)5(17)3(25-9)1-24-30(23,32)27-28(19,20)26-29(21,22)31/h2-3,5-6,9,17-18H,1H2,(H,19,20)(H,23,32)(H2,12,14,15)(H2,21,22,31)/t3-,5-,6-,9-,30?/m1/s1. The number of thiol groups is 1. The molecule has 22 heteroatoms. The van der Waals surface area contributed by atoms with Crippen LogP contribution in [0.1, 0.15) is 6.23 Å². The number of phosphoric acid groups is 1. The number of hydrogen-bond acceptors (Lipinski definition) is 13. The van der Waals surface area contributed by atoms with Crippen LogP contribution in [0.2, 0.25) is 5.28 Å². The third-order valence-electron chi connectivity index (χ3n) is 3.85. The van der Waals surface area contributed by atoms with Crippen LogP contribution in [0.15, 0.2) is 6.33 Å². The van der Waals surface area contributed by atoms with Crippen LogP contribution >= 0.6 is 45.2 Å². The van der Waals surface area contributed by atoms with E-state index in [9.17, 15) is 24.2 Å². The lowest BCUT2D eigenvalue weighted by Gasteiger charge is -2.20. The molecule has 7 N–H and O–H groups in total. The first-order valence-corrected chi connectivity index (χ1v) is 15.2. The Morgan fingerprint density at radius 2 is 1.91 bits per heavy atom. The van der Waals surface area contributed by atoms with Gasteiger partial charge in [-0.15, -0.1) is 0 Å². The molecule has 32 heavy (non-hydrogen) atoms. The topological polar surface area (TPSA) is 242 Å². The van der Waals surface area contributed by atoms with Crippen LogP contribution in [0.25, 0.3) is 11.2 Å². The number of nitrogen functional groups attached to an aromatic ring is 1. The fourth-order valence-electron chi connectivity index (χ4n) is 2.66. The minimum atomic E-state index is -5.34. The summed E-state index contributed by atoms with van der Waals surface area (Å²) in [6.45, 7) is -10.1. The van der Waals surface area contributed by atoms with Crippen molar-refractivity contribution in [2.45, 2.75) is 24.5 Å². The minimum absolute atomic E-state index is 0.0354. The van der Waals surface area contributed by atoms with E-state index in [-0.39, 0.29) is 22.3 Å². The number of aromatic nitrogens is 4. The second-order valence-electron chi connectivity index (χ2n) is 6.13. The van der Waals surface area contributed by atoms with Crippen LogP contribution in [-0.2, 0) is 38.8 Å². The number of nitrogens with two attached hydrogens (primary N) is 1. The number of anilines is 1. The number of halogens is 1. The number of rotatable bonds is 8. The lowest BCUT2D eigenvalue weighted by atomic mass is 10.1. The van der Waals surface area contributed by atoms with Crippen molar-refractivity contribution in [1.29, 1.82) is 0 Å². The molecule has 1 saturated heterocycles. The molecule has 0 radical (unpaired) electrons. The Bertz CT molecular complexity index is 1160. The van der Waals surface area contributed by atoms with E-state index >= 15 is 0 Å². The van der Waals surface area contributed by atoms with Crippen molar-refractivity contribution in [3.8, 4) is 0 Å². The van der Waals surface area contributed by atoms with E-state index < -0.39 is 52.5 Å². The fourth-order valence-corrected chi connectivity index (χ4v) is 7.65. The molecule has 180 valence electrons. The summed E-state index contributed by atoms with van der Waals surface area (Å²) in [6.07, 6.45) is -4.56. The van der Waals surface area contributed by atoms with Gasteiger partial charge in [0.2, 0.25) is 5.28 Å². The predicted molar refractivity (Wildman–Crippen MR) is 114 cm³/mol. The van der Waals surface area contributed by atoms with Gasteiger partial charge >= 0.3 is 21.3 Å². The highest BCUT2D eigenvalue weighted by Crippen LogP contribution is 2.69. The van der Waals surface area contributed by atoms with E-state index in [1.807, 2.05) is 0 Å². The quantitative estimate of drug-likeness (QED) is 0.125. The molecule has 0 aliphatic carbocycles. The molecule has 3 heterocycles. The molecule has 0 amide bonds. The molecular formula is C10H15ClN5O11P3S2. The summed E-state index contributed by atoms with van der Waals surface area (Å²) in [7, 11) is -5.34. The highest BCUT2D eigenvalue weighted by Gasteiger charge is 2.46. The van der Waals surface area contributed by atoms with Crippen LogP contribution in [0.4, 0.5) is 5.82 Å². The fraction of sp³-hybridized carbons (Fsp3) is 0.500. The van der Waals surface area contributed by atoms with Crippen molar-refractivity contribution in [3.05, 3.63) is 11.6 Å². The first-order valence-electron chi connectivity index (χ1n) is 8.04. The molecule has 3 rings (SSSR count). The van der Waals surface area contributed by atoms with E-state index in [0.717, 1.165) is 0 Å². The van der Waals surface area contributed by atoms with Crippen molar-refractivity contribution < 1.29 is 51.9 Å². The third kappa shape index (κ3) is 6.24. The molecule has 0 bridgehead atoms. The number of aliphatic hydroxyl groups excluding tert-OH is 2. The summed E-state index contributed by atoms with van der Waals surface area (Å²) in [4.78, 5) is 38.9. The first-order chi connectivity index (χ1) is 14.6. The Labute approximate surface area is 193 Å². The van der Waals surface area contributed by atoms with E-state index in [1.54, 1.807) is 0 Å². The number of fused-ring (bicyclic) bond motifs is 1. The number of hydrogen-bond donors (Lipinski definition) is 7. The van der Waals surface area contributed by atoms with Gasteiger partial charge in [-0.05, 0) is 23.4 Å². The lowest BCUT2D eigenvalue weighted by molar-refractivity contribution is -0.0478. The molecule has 6 atom stereocenters. The zero-order valence-corrected chi connectivity index (χ0v) is 20.4. The Balaban J connectivity index is 1.72. The summed E-state index contributed by atoms with van der Waals surface area (Å²) in [6, 6.07) is 0. The lowest BCUT2D eigenvalue weighted by Crippen LogP contribution is -2.33. The van der Waals surface area contributed by atoms with Crippen molar-refractivity contribution in [2.75, 3.05) is 12.3 Å². The maximum absolute atomic E-state index is 12.2. The molecule has 1 aliphatic rings. The molecule has 2 aromatic rings. The van der Waals surface area contributed by atoms with E-state index in [2.05, 4.69) is 47.6 Å². The van der Waals surface area contributed by atoms with Crippen LogP contribution < -0.4 is 5.73 Å². The number of nitrogens with zero attached hydrogens (tertiary/aromatic N) is 4. The summed E-state index contributed by atoms with van der Waals surface area (Å²) in [5.74, 6) is -0.0354. The average Bonchev–Trinajstić information content (AvgIpc) is 3.12. The zero-order valence-electron chi connectivity index (χ0n) is 15.2. The van der Waals surface area contributed by atoms with Gasteiger partial charge in [0.1, 0.15) is 23.8 Å². The second-order valence-corrected chi connectivity index (χ2v) is 13.8. The Morgan fingerprint density at radius 3 is 2.53 bits per heavy atom. The number of imidazole rings is 1. The smallest absolute Gasteiger partial charge is 0.387 e. The van der Waals surface area contributed by atoms with Gasteiger partial charge in [-0.1, -0.05) is 12.2 Å². The first kappa shape index (κ1) is 26.3. The summed E-state index contributed by atoms with van der Waals surface area (Å²) >= 11 is 13.3. The highest BCUT2D eigenvalue weighted by atomic mass is 35.5. The van der Waals surface area contributed by atoms with Gasteiger partial charge in [0, 0.05) is 0 Å². The summed E-state index contributed by atoms with van der Waals surface area (Å²) < 4.78 is 43.4. The summed E-state index contributed by atoms with van der Waals surface area (Å²) in [5, 5.41) is 20.4. The van der Waals surface area contributed by atoms with Crippen molar-refractivity contribution in [2.24, 2.45) is 0 Å². The molecule has 2 aromatic heterocycles. The Hall–Kier alpha value is -0.260. The van der Waals surface area contributed by atoms with Gasteiger partial charge in [0.05, 0.1) is 12.9 Å². The van der Waals surface area contributed by atoms with Crippen LogP contribution in [0, 0.1) is 0 Å². The van der Waals surface area contributed by atoms with Crippen LogP contribution in [0.3, 0.4) is 0 Å². The Kier molecular flexibility index (Phi) is 7.75. The molecule has 0 spiro atoms. The molecule has 1 aliphatic heterocycles. The maximum atomic E-state index is 12.2. The SMILES string of the molecule is Nc1nc(Cl)nc2c1ncn2[C@@H]1O[C@H](COP(=O)(S)OP(=O)(O)OP(O)(O)=S)[C@@H](O)[C@H]1O. The summed E-state index contributed by atoms with van der Waals surface area (Å²) in [5.41, 5.74) is 5.96. The monoisotopic (exact) mass is 573 g/mol. The van der Waals surface area contributed by atoms with Gasteiger partial charge in [0.15, 0.2) is 17.7 Å². The molecule has 0 aromatic carbocycles. The van der Waals surface area contributed by atoms with Gasteiger partial charge in [0.25, 0.3) is 0 Å². The highest BCUT2D eigenvalue weighted by molar-refractivity contribution is 8.45. The van der Waals surface area contributed by atoms with Gasteiger partial charge in [-0.3, -0.25) is 9.09 Å². The van der Waals surface area contributed by atoms with E-state index in [1.165, 1.54) is 10.9 Å². The third-order valence-corrected chi connectivity index (χ3v) is 9.43. The van der Waals surface area contributed by atoms with E-state index in [4.69, 9.17) is 36.4 Å². The van der Waals surface area contributed by atoms with Crippen LogP contribution in [-0.4, -0.2) is 69.3 Å². The van der Waals surface area contributed by atoms with Crippen molar-refractivity contribution in [1.82, 2.24) is 19.5 Å². The number of aliphatic hydroxyl groups is 2.